The summed E-state index contributed by atoms with van der Waals surface area (Å²) in [5.74, 6) is 1.99. The van der Waals surface area contributed by atoms with Crippen molar-refractivity contribution in [1.29, 1.82) is 0 Å². The summed E-state index contributed by atoms with van der Waals surface area (Å²) in [6.07, 6.45) is 7.50. The highest BCUT2D eigenvalue weighted by Gasteiger charge is 2.27. The molecule has 61 heavy (non-hydrogen) atoms. The Bertz CT molecular complexity index is 3210. The van der Waals surface area contributed by atoms with Crippen LogP contribution >= 0.6 is 0 Å². The molecule has 0 amide bonds. The molecule has 292 valence electrons. The first-order valence-electron chi connectivity index (χ1n) is 21.1. The van der Waals surface area contributed by atoms with Gasteiger partial charge in [0.15, 0.2) is 5.84 Å². The molecule has 7 aromatic carbocycles. The molecule has 0 saturated carbocycles. The monoisotopic (exact) mass is 785 g/mol. The molecule has 5 nitrogen and oxygen atoms in total. The van der Waals surface area contributed by atoms with Gasteiger partial charge in [0.1, 0.15) is 12.0 Å². The minimum atomic E-state index is -0.251. The van der Waals surface area contributed by atoms with Crippen LogP contribution in [0.25, 0.3) is 71.9 Å². The number of allylic oxidation sites excluding steroid dienone is 4. The van der Waals surface area contributed by atoms with E-state index in [1.54, 1.807) is 0 Å². The zero-order valence-electron chi connectivity index (χ0n) is 34.2. The largest absolute Gasteiger partial charge is 0.333 e. The highest BCUT2D eigenvalue weighted by atomic mass is 15.3. The Kier molecular flexibility index (Phi) is 9.08. The Balaban J connectivity index is 0.948. The average Bonchev–Trinajstić information content (AvgIpc) is 3.68. The van der Waals surface area contributed by atoms with Gasteiger partial charge in [-0.1, -0.05) is 189 Å². The van der Waals surface area contributed by atoms with Crippen molar-refractivity contribution in [3.05, 3.63) is 217 Å². The summed E-state index contributed by atoms with van der Waals surface area (Å²) in [5, 5.41) is 3.68. The lowest BCUT2D eigenvalue weighted by Gasteiger charge is -2.32. The zero-order chi connectivity index (χ0) is 40.9. The Morgan fingerprint density at radius 1 is 0.541 bits per heavy atom. The summed E-state index contributed by atoms with van der Waals surface area (Å²) in [7, 11) is 2.09. The van der Waals surface area contributed by atoms with Crippen LogP contribution in [0.1, 0.15) is 36.2 Å². The topological polar surface area (TPSA) is 45.8 Å². The maximum atomic E-state index is 5.40. The minimum Gasteiger partial charge on any atom is -0.333 e. The number of para-hydroxylation sites is 2. The fraction of sp³-hybridized carbons (Fsp3) is 0.0893. The highest BCUT2D eigenvalue weighted by Crippen LogP contribution is 2.43. The molecule has 0 saturated heterocycles. The van der Waals surface area contributed by atoms with Crippen LogP contribution in [0.5, 0.6) is 0 Å². The van der Waals surface area contributed by atoms with E-state index in [0.717, 1.165) is 68.2 Å². The van der Waals surface area contributed by atoms with Crippen LogP contribution in [0.4, 0.5) is 0 Å². The third kappa shape index (κ3) is 6.46. The number of aliphatic imine (C=N–C) groups is 2. The van der Waals surface area contributed by atoms with Crippen molar-refractivity contribution in [2.75, 3.05) is 7.05 Å². The van der Waals surface area contributed by atoms with Crippen LogP contribution < -0.4 is 0 Å². The number of pyridine rings is 1. The molecule has 11 rings (SSSR count). The fourth-order valence-electron chi connectivity index (χ4n) is 9.12. The van der Waals surface area contributed by atoms with Gasteiger partial charge in [0.25, 0.3) is 0 Å². The Morgan fingerprint density at radius 2 is 1.10 bits per heavy atom. The molecule has 1 aliphatic heterocycles. The normalized spacial score (nSPS) is 16.5. The van der Waals surface area contributed by atoms with E-state index in [1.165, 1.54) is 38.5 Å². The summed E-state index contributed by atoms with van der Waals surface area (Å²) < 4.78 is 2.48. The van der Waals surface area contributed by atoms with E-state index in [-0.39, 0.29) is 6.17 Å². The van der Waals surface area contributed by atoms with Crippen molar-refractivity contribution in [3.63, 3.8) is 0 Å². The van der Waals surface area contributed by atoms with Gasteiger partial charge in [-0.2, -0.15) is 0 Å². The predicted octanol–water partition coefficient (Wildman–Crippen LogP) is 13.6. The average molecular weight is 786 g/mol. The maximum Gasteiger partial charge on any atom is 0.159 e. The molecule has 2 aliphatic rings. The van der Waals surface area contributed by atoms with Crippen molar-refractivity contribution in [1.82, 2.24) is 14.5 Å². The van der Waals surface area contributed by atoms with Crippen LogP contribution in [-0.4, -0.2) is 33.2 Å². The smallest absolute Gasteiger partial charge is 0.159 e. The van der Waals surface area contributed by atoms with Crippen molar-refractivity contribution in [2.45, 2.75) is 19.5 Å². The first-order valence-corrected chi connectivity index (χ1v) is 21.1. The van der Waals surface area contributed by atoms with Gasteiger partial charge in [-0.15, -0.1) is 0 Å². The second-order valence-corrected chi connectivity index (χ2v) is 16.1. The number of nitrogens with zero attached hydrogens (tertiary/aromatic N) is 5. The quantitative estimate of drug-likeness (QED) is 0.162. The van der Waals surface area contributed by atoms with E-state index >= 15 is 0 Å². The van der Waals surface area contributed by atoms with Gasteiger partial charge in [-0.25, -0.2) is 15.0 Å². The lowest BCUT2D eigenvalue weighted by atomic mass is 9.97. The molecule has 0 spiro atoms. The van der Waals surface area contributed by atoms with E-state index in [4.69, 9.17) is 15.0 Å². The van der Waals surface area contributed by atoms with Crippen LogP contribution in [0.3, 0.4) is 0 Å². The molecule has 1 aliphatic carbocycles. The standard InChI is InChI=1S/C56H43N5/c1-37-15-9-13-23-49(37)61-50-24-14-11-21-47(50)51-46-20-10-12-22-48(46)57-52(53(51)61)42-31-25-40(26-32-42)41-29-35-45(36-30-41)56-59-54(43-18-7-4-8-19-43)58-55(60(56)2)44-33-27-39(28-34-44)38-16-5-3-6-17-38/h3-14,16-37,56H,15H2,1-2H3. The van der Waals surface area contributed by atoms with Gasteiger partial charge in [0.2, 0.25) is 0 Å². The summed E-state index contributed by atoms with van der Waals surface area (Å²) in [5.41, 5.74) is 14.6. The molecule has 5 heteroatoms. The number of fused-ring (bicyclic) bond motifs is 5. The van der Waals surface area contributed by atoms with E-state index < -0.39 is 0 Å². The first-order chi connectivity index (χ1) is 30.1. The van der Waals surface area contributed by atoms with Gasteiger partial charge in [0.05, 0.1) is 22.2 Å². The Labute approximate surface area is 356 Å². The van der Waals surface area contributed by atoms with Gasteiger partial charge in [0, 0.05) is 51.5 Å². The molecular weight excluding hydrogens is 743 g/mol. The molecule has 0 fully saturated rings. The third-order valence-corrected chi connectivity index (χ3v) is 12.3. The summed E-state index contributed by atoms with van der Waals surface area (Å²) in [6, 6.07) is 64.6. The third-order valence-electron chi connectivity index (χ3n) is 12.3. The van der Waals surface area contributed by atoms with E-state index in [1.807, 2.05) is 24.3 Å². The van der Waals surface area contributed by atoms with E-state index in [0.29, 0.717) is 5.92 Å². The molecule has 2 unspecified atom stereocenters. The van der Waals surface area contributed by atoms with Crippen LogP contribution in [0.2, 0.25) is 0 Å². The van der Waals surface area contributed by atoms with Crippen molar-refractivity contribution in [3.8, 4) is 33.5 Å². The number of hydrogen-bond acceptors (Lipinski definition) is 4. The lowest BCUT2D eigenvalue weighted by Crippen LogP contribution is -2.35. The SMILES string of the molecule is CC1CC=CC=C1n1c2ccccc2c2c3ccccc3nc(-c3ccc(-c4ccc(C5N=C(c6ccccc6)N=C(c6ccc(-c7ccccc7)cc6)N5C)cc4)cc3)c21. The fourth-order valence-corrected chi connectivity index (χ4v) is 9.12. The second kappa shape index (κ2) is 15.2. The van der Waals surface area contributed by atoms with Crippen molar-refractivity contribution in [2.24, 2.45) is 15.9 Å². The number of rotatable bonds is 7. The highest BCUT2D eigenvalue weighted by molar-refractivity contribution is 6.24. The molecule has 2 aromatic heterocycles. The van der Waals surface area contributed by atoms with Crippen LogP contribution in [0, 0.1) is 5.92 Å². The molecule has 0 bridgehead atoms. The van der Waals surface area contributed by atoms with Crippen LogP contribution in [-0.2, 0) is 0 Å². The summed E-state index contributed by atoms with van der Waals surface area (Å²) in [4.78, 5) is 18.0. The molecule has 0 N–H and O–H groups in total. The Morgan fingerprint density at radius 3 is 1.79 bits per heavy atom. The van der Waals surface area contributed by atoms with Gasteiger partial charge < -0.3 is 9.47 Å². The molecule has 0 radical (unpaired) electrons. The molecular formula is C56H43N5. The van der Waals surface area contributed by atoms with Crippen molar-refractivity contribution < 1.29 is 0 Å². The number of benzene rings is 7. The van der Waals surface area contributed by atoms with Gasteiger partial charge in [-0.05, 0) is 52.4 Å². The predicted molar refractivity (Wildman–Crippen MR) is 255 cm³/mol. The minimum absolute atomic E-state index is 0.251. The lowest BCUT2D eigenvalue weighted by molar-refractivity contribution is 0.383. The number of amidine groups is 2. The number of aromatic nitrogens is 2. The van der Waals surface area contributed by atoms with Gasteiger partial charge in [-0.3, -0.25) is 0 Å². The molecule has 2 atom stereocenters. The number of hydrogen-bond donors (Lipinski definition) is 0. The van der Waals surface area contributed by atoms with E-state index in [9.17, 15) is 0 Å². The first kappa shape index (κ1) is 36.4. The zero-order valence-corrected chi connectivity index (χ0v) is 34.2. The van der Waals surface area contributed by atoms with E-state index in [2.05, 4.69) is 199 Å². The van der Waals surface area contributed by atoms with Crippen molar-refractivity contribution >= 4 is 50.1 Å². The molecule has 3 heterocycles. The maximum absolute atomic E-state index is 5.40. The molecule has 9 aromatic rings. The van der Waals surface area contributed by atoms with Crippen LogP contribution in [0.15, 0.2) is 210 Å². The summed E-state index contributed by atoms with van der Waals surface area (Å²) >= 11 is 0. The Hall–Kier alpha value is -7.63. The summed E-state index contributed by atoms with van der Waals surface area (Å²) in [6.45, 7) is 2.32. The second-order valence-electron chi connectivity index (χ2n) is 16.1. The van der Waals surface area contributed by atoms with Gasteiger partial charge >= 0.3 is 0 Å².